The number of aliphatic imine (C=N–C) groups is 1. The van der Waals surface area contributed by atoms with Crippen LogP contribution in [0.5, 0.6) is 0 Å². The van der Waals surface area contributed by atoms with Gasteiger partial charge in [0.2, 0.25) is 0 Å². The van der Waals surface area contributed by atoms with Gasteiger partial charge in [-0.2, -0.15) is 0 Å². The summed E-state index contributed by atoms with van der Waals surface area (Å²) < 4.78 is 13.8. The Morgan fingerprint density at radius 1 is 1.00 bits per heavy atom. The highest BCUT2D eigenvalue weighted by molar-refractivity contribution is 7.85. The second kappa shape index (κ2) is 10.8. The van der Waals surface area contributed by atoms with E-state index in [9.17, 15) is 9.18 Å². The predicted molar refractivity (Wildman–Crippen MR) is 133 cm³/mol. The van der Waals surface area contributed by atoms with Crippen molar-refractivity contribution >= 4 is 36.3 Å². The highest BCUT2D eigenvalue weighted by atomic mass is 32.1. The van der Waals surface area contributed by atoms with Gasteiger partial charge in [0.25, 0.3) is 5.91 Å². The molecule has 0 spiro atoms. The molecular weight excluding hydrogens is 421 g/mol. The second-order valence-corrected chi connectivity index (χ2v) is 8.00. The summed E-state index contributed by atoms with van der Waals surface area (Å²) in [6.07, 6.45) is 1.52. The molecule has 0 aromatic heterocycles. The van der Waals surface area contributed by atoms with Gasteiger partial charge in [-0.05, 0) is 67.3 Å². The number of hydrogen-bond acceptors (Lipinski definition) is 3. The number of nitrogens with one attached hydrogen (secondary N) is 2. The van der Waals surface area contributed by atoms with Crippen LogP contribution in [0, 0.1) is 26.6 Å². The maximum atomic E-state index is 13.8. The lowest BCUT2D eigenvalue weighted by molar-refractivity contribution is -0.116. The maximum Gasteiger partial charge on any atom is 0.259 e. The largest absolute Gasteiger partial charge is 0.347 e. The van der Waals surface area contributed by atoms with E-state index in [1.54, 1.807) is 19.1 Å². The standard InChI is InChI=1S/C26H26FN3OS/c1-17-9-10-18(2)23(13-17)29-16-30-24(21-11-12-22(27)19(3)14-21)25(32)26(31)28-15-20-7-5-4-6-8-20/h4-14,16,32H,15H2,1-3H3,(H,28,31)(H,29,30)/b25-24-. The highest BCUT2D eigenvalue weighted by Crippen LogP contribution is 2.25. The van der Waals surface area contributed by atoms with Crippen molar-refractivity contribution < 1.29 is 9.18 Å². The molecule has 0 saturated carbocycles. The molecule has 0 fully saturated rings. The Morgan fingerprint density at radius 2 is 1.75 bits per heavy atom. The van der Waals surface area contributed by atoms with E-state index in [1.165, 1.54) is 12.4 Å². The Labute approximate surface area is 193 Å². The molecule has 2 N–H and O–H groups in total. The first-order valence-corrected chi connectivity index (χ1v) is 10.7. The van der Waals surface area contributed by atoms with Crippen LogP contribution in [-0.4, -0.2) is 12.2 Å². The molecular formula is C26H26FN3OS. The molecule has 3 rings (SSSR count). The SMILES string of the molecule is Cc1ccc(C)c(NC=N/C(=C(\S)C(=O)NCc2ccccc2)c2ccc(F)c(C)c2)c1. The van der Waals surface area contributed by atoms with Gasteiger partial charge in [-0.25, -0.2) is 9.38 Å². The number of thiol groups is 1. The van der Waals surface area contributed by atoms with E-state index in [0.29, 0.717) is 23.4 Å². The Hall–Kier alpha value is -3.38. The molecule has 0 aliphatic rings. The van der Waals surface area contributed by atoms with E-state index < -0.39 is 0 Å². The van der Waals surface area contributed by atoms with Crippen LogP contribution in [0.15, 0.2) is 76.6 Å². The van der Waals surface area contributed by atoms with E-state index in [-0.39, 0.29) is 16.6 Å². The van der Waals surface area contributed by atoms with Crippen LogP contribution in [0.4, 0.5) is 10.1 Å². The number of rotatable bonds is 7. The van der Waals surface area contributed by atoms with Gasteiger partial charge in [-0.3, -0.25) is 4.79 Å². The molecule has 0 unspecified atom stereocenters. The average Bonchev–Trinajstić information content (AvgIpc) is 2.79. The van der Waals surface area contributed by atoms with Crippen LogP contribution in [0.1, 0.15) is 27.8 Å². The molecule has 0 radical (unpaired) electrons. The van der Waals surface area contributed by atoms with Crippen LogP contribution in [0.3, 0.4) is 0 Å². The molecule has 3 aromatic rings. The third-order valence-electron chi connectivity index (χ3n) is 4.97. The highest BCUT2D eigenvalue weighted by Gasteiger charge is 2.14. The van der Waals surface area contributed by atoms with Crippen LogP contribution >= 0.6 is 12.6 Å². The van der Waals surface area contributed by atoms with Gasteiger partial charge < -0.3 is 10.6 Å². The van der Waals surface area contributed by atoms with Crippen molar-refractivity contribution in [3.05, 3.63) is 105 Å². The molecule has 0 atom stereocenters. The Bertz CT molecular complexity index is 1170. The molecule has 0 bridgehead atoms. The fourth-order valence-corrected chi connectivity index (χ4v) is 3.36. The fraction of sp³-hybridized carbons (Fsp3) is 0.154. The van der Waals surface area contributed by atoms with E-state index in [1.807, 2.05) is 62.4 Å². The summed E-state index contributed by atoms with van der Waals surface area (Å²) in [6.45, 7) is 6.04. The summed E-state index contributed by atoms with van der Waals surface area (Å²) in [5, 5.41) is 6.02. The van der Waals surface area contributed by atoms with E-state index >= 15 is 0 Å². The topological polar surface area (TPSA) is 53.5 Å². The zero-order chi connectivity index (χ0) is 23.1. The zero-order valence-corrected chi connectivity index (χ0v) is 19.2. The van der Waals surface area contributed by atoms with Crippen molar-refractivity contribution in [2.45, 2.75) is 27.3 Å². The van der Waals surface area contributed by atoms with E-state index in [0.717, 1.165) is 22.4 Å². The van der Waals surface area contributed by atoms with Gasteiger partial charge >= 0.3 is 0 Å². The molecule has 3 aromatic carbocycles. The molecule has 4 nitrogen and oxygen atoms in total. The van der Waals surface area contributed by atoms with Crippen molar-refractivity contribution in [1.82, 2.24) is 5.32 Å². The molecule has 32 heavy (non-hydrogen) atoms. The fourth-order valence-electron chi connectivity index (χ4n) is 3.09. The number of carbonyl (C=O) groups excluding carboxylic acids is 1. The zero-order valence-electron chi connectivity index (χ0n) is 18.3. The quantitative estimate of drug-likeness (QED) is 0.185. The van der Waals surface area contributed by atoms with E-state index in [2.05, 4.69) is 28.3 Å². The summed E-state index contributed by atoms with van der Waals surface area (Å²) >= 11 is 4.47. The number of carbonyl (C=O) groups is 1. The Kier molecular flexibility index (Phi) is 7.84. The molecule has 0 heterocycles. The van der Waals surface area contributed by atoms with Crippen molar-refractivity contribution in [2.24, 2.45) is 4.99 Å². The number of hydrogen-bond donors (Lipinski definition) is 3. The first kappa shape index (κ1) is 23.3. The van der Waals surface area contributed by atoms with Gasteiger partial charge in [-0.15, -0.1) is 12.6 Å². The number of amides is 1. The summed E-state index contributed by atoms with van der Waals surface area (Å²) in [6, 6.07) is 20.3. The van der Waals surface area contributed by atoms with Crippen molar-refractivity contribution in [3.63, 3.8) is 0 Å². The minimum Gasteiger partial charge on any atom is -0.347 e. The van der Waals surface area contributed by atoms with E-state index in [4.69, 9.17) is 0 Å². The summed E-state index contributed by atoms with van der Waals surface area (Å²) in [5.74, 6) is -0.683. The van der Waals surface area contributed by atoms with Gasteiger partial charge in [-0.1, -0.05) is 42.5 Å². The van der Waals surface area contributed by atoms with Crippen LogP contribution in [0.2, 0.25) is 0 Å². The molecule has 164 valence electrons. The minimum absolute atomic E-state index is 0.144. The van der Waals surface area contributed by atoms with Crippen molar-refractivity contribution in [3.8, 4) is 0 Å². The van der Waals surface area contributed by atoms with Crippen LogP contribution in [-0.2, 0) is 11.3 Å². The van der Waals surface area contributed by atoms with Crippen molar-refractivity contribution in [1.29, 1.82) is 0 Å². The number of anilines is 1. The minimum atomic E-state index is -0.363. The van der Waals surface area contributed by atoms with Gasteiger partial charge in [0.05, 0.1) is 16.9 Å². The predicted octanol–water partition coefficient (Wildman–Crippen LogP) is 5.81. The number of halogens is 1. The lowest BCUT2D eigenvalue weighted by atomic mass is 10.1. The lowest BCUT2D eigenvalue weighted by Crippen LogP contribution is -2.23. The Morgan fingerprint density at radius 3 is 2.47 bits per heavy atom. The van der Waals surface area contributed by atoms with Gasteiger partial charge in [0, 0.05) is 17.8 Å². The normalized spacial score (nSPS) is 11.9. The monoisotopic (exact) mass is 447 g/mol. The average molecular weight is 448 g/mol. The van der Waals surface area contributed by atoms with Crippen molar-refractivity contribution in [2.75, 3.05) is 5.32 Å². The van der Waals surface area contributed by atoms with Gasteiger partial charge in [0.15, 0.2) is 0 Å². The Balaban J connectivity index is 1.89. The van der Waals surface area contributed by atoms with Gasteiger partial charge in [0.1, 0.15) is 5.82 Å². The third kappa shape index (κ3) is 6.08. The molecule has 0 saturated heterocycles. The second-order valence-electron chi connectivity index (χ2n) is 7.55. The summed E-state index contributed by atoms with van der Waals surface area (Å²) in [7, 11) is 0. The molecule has 1 amide bonds. The summed E-state index contributed by atoms with van der Waals surface area (Å²) in [5.41, 5.74) is 5.48. The molecule has 0 aliphatic carbocycles. The number of benzene rings is 3. The van der Waals surface area contributed by atoms with Crippen LogP contribution < -0.4 is 10.6 Å². The lowest BCUT2D eigenvalue weighted by Gasteiger charge is -2.11. The first-order valence-electron chi connectivity index (χ1n) is 10.2. The number of aryl methyl sites for hydroxylation is 3. The molecule has 0 aliphatic heterocycles. The maximum absolute atomic E-state index is 13.8. The smallest absolute Gasteiger partial charge is 0.259 e. The first-order chi connectivity index (χ1) is 15.3. The summed E-state index contributed by atoms with van der Waals surface area (Å²) in [4.78, 5) is 17.4. The van der Waals surface area contributed by atoms with Crippen LogP contribution in [0.25, 0.3) is 5.70 Å². The third-order valence-corrected chi connectivity index (χ3v) is 5.39. The number of nitrogens with zero attached hydrogens (tertiary/aromatic N) is 1. The molecule has 6 heteroatoms.